The average Bonchev–Trinajstić information content (AvgIpc) is 2.18. The van der Waals surface area contributed by atoms with E-state index >= 15 is 0 Å². The number of ether oxygens (including phenoxy) is 1. The molecule has 0 N–H and O–H groups in total. The molecule has 0 bridgehead atoms. The van der Waals surface area contributed by atoms with Crippen molar-refractivity contribution in [2.45, 2.75) is 45.6 Å². The Labute approximate surface area is 110 Å². The second-order valence-corrected chi connectivity index (χ2v) is 4.85. The molecule has 1 atom stereocenters. The van der Waals surface area contributed by atoms with Crippen molar-refractivity contribution in [3.63, 3.8) is 0 Å². The fourth-order valence-electron chi connectivity index (χ4n) is 1.78. The van der Waals surface area contributed by atoms with Crippen LogP contribution in [0.3, 0.4) is 0 Å². The maximum atomic E-state index is 12.7. The lowest BCUT2D eigenvalue weighted by Gasteiger charge is -2.18. The summed E-state index contributed by atoms with van der Waals surface area (Å²) in [6.07, 6.45) is -4.20. The number of benzene rings is 1. The lowest BCUT2D eigenvalue weighted by Crippen LogP contribution is -2.17. The van der Waals surface area contributed by atoms with E-state index in [-0.39, 0.29) is 17.2 Å². The molecule has 102 valence electrons. The molecule has 0 aliphatic carbocycles. The first-order valence-electron chi connectivity index (χ1n) is 5.72. The van der Waals surface area contributed by atoms with E-state index in [0.717, 1.165) is 6.07 Å². The molecule has 0 aliphatic heterocycles. The maximum Gasteiger partial charge on any atom is 0.417 e. The van der Waals surface area contributed by atoms with Gasteiger partial charge < -0.3 is 4.74 Å². The number of hydrogen-bond donors (Lipinski definition) is 0. The highest BCUT2D eigenvalue weighted by Gasteiger charge is 2.33. The van der Waals surface area contributed by atoms with Crippen molar-refractivity contribution in [3.8, 4) is 0 Å². The monoisotopic (exact) mass is 280 g/mol. The topological polar surface area (TPSA) is 9.23 Å². The molecule has 0 spiro atoms. The van der Waals surface area contributed by atoms with Gasteiger partial charge in [-0.15, -0.1) is 0 Å². The SMILES string of the molecule is CC(C)OC(C)Cc1cccc(C(F)(F)F)c1Cl. The molecule has 1 aromatic rings. The van der Waals surface area contributed by atoms with Crippen molar-refractivity contribution < 1.29 is 17.9 Å². The normalized spacial score (nSPS) is 14.0. The van der Waals surface area contributed by atoms with Crippen LogP contribution in [0.15, 0.2) is 18.2 Å². The second kappa shape index (κ2) is 5.93. The Morgan fingerprint density at radius 1 is 1.22 bits per heavy atom. The summed E-state index contributed by atoms with van der Waals surface area (Å²) in [5, 5.41) is -0.232. The van der Waals surface area contributed by atoms with Crippen LogP contribution in [0.1, 0.15) is 31.9 Å². The molecular weight excluding hydrogens is 265 g/mol. The summed E-state index contributed by atoms with van der Waals surface area (Å²) in [5.74, 6) is 0. The minimum Gasteiger partial charge on any atom is -0.376 e. The van der Waals surface area contributed by atoms with E-state index in [1.54, 1.807) is 6.07 Å². The van der Waals surface area contributed by atoms with Gasteiger partial charge in [0.25, 0.3) is 0 Å². The first kappa shape index (κ1) is 15.3. The van der Waals surface area contributed by atoms with Crippen LogP contribution in [0.2, 0.25) is 5.02 Å². The molecule has 0 heterocycles. The van der Waals surface area contributed by atoms with Gasteiger partial charge in [0, 0.05) is 0 Å². The van der Waals surface area contributed by atoms with Crippen molar-refractivity contribution in [1.29, 1.82) is 0 Å². The molecule has 0 radical (unpaired) electrons. The number of rotatable bonds is 4. The van der Waals surface area contributed by atoms with Crippen LogP contribution < -0.4 is 0 Å². The van der Waals surface area contributed by atoms with Crippen molar-refractivity contribution in [2.24, 2.45) is 0 Å². The van der Waals surface area contributed by atoms with E-state index in [1.807, 2.05) is 20.8 Å². The van der Waals surface area contributed by atoms with Crippen molar-refractivity contribution in [1.82, 2.24) is 0 Å². The zero-order valence-electron chi connectivity index (χ0n) is 10.5. The first-order valence-corrected chi connectivity index (χ1v) is 6.09. The van der Waals surface area contributed by atoms with Crippen LogP contribution in [-0.4, -0.2) is 12.2 Å². The minimum atomic E-state index is -4.42. The largest absolute Gasteiger partial charge is 0.417 e. The van der Waals surface area contributed by atoms with Crippen LogP contribution in [0.25, 0.3) is 0 Å². The number of halogens is 4. The Kier molecular flexibility index (Phi) is 5.05. The van der Waals surface area contributed by atoms with Gasteiger partial charge in [-0.1, -0.05) is 23.7 Å². The fraction of sp³-hybridized carbons (Fsp3) is 0.538. The molecule has 1 rings (SSSR count). The molecule has 1 nitrogen and oxygen atoms in total. The molecule has 0 aliphatic rings. The van der Waals surface area contributed by atoms with Gasteiger partial charge in [-0.2, -0.15) is 13.2 Å². The highest BCUT2D eigenvalue weighted by molar-refractivity contribution is 6.32. The smallest absolute Gasteiger partial charge is 0.376 e. The van der Waals surface area contributed by atoms with Gasteiger partial charge in [0.2, 0.25) is 0 Å². The van der Waals surface area contributed by atoms with Gasteiger partial charge >= 0.3 is 6.18 Å². The van der Waals surface area contributed by atoms with Crippen LogP contribution in [0.4, 0.5) is 13.2 Å². The summed E-state index contributed by atoms with van der Waals surface area (Å²) in [6.45, 7) is 5.57. The summed E-state index contributed by atoms with van der Waals surface area (Å²) in [5.41, 5.74) is -0.335. The van der Waals surface area contributed by atoms with Crippen molar-refractivity contribution in [3.05, 3.63) is 34.3 Å². The van der Waals surface area contributed by atoms with Gasteiger partial charge in [-0.3, -0.25) is 0 Å². The summed E-state index contributed by atoms with van der Waals surface area (Å²) < 4.78 is 43.5. The lowest BCUT2D eigenvalue weighted by molar-refractivity contribution is -0.137. The van der Waals surface area contributed by atoms with E-state index in [0.29, 0.717) is 12.0 Å². The molecule has 1 aromatic carbocycles. The molecule has 1 unspecified atom stereocenters. The summed E-state index contributed by atoms with van der Waals surface area (Å²) >= 11 is 5.80. The van der Waals surface area contributed by atoms with Crippen LogP contribution in [-0.2, 0) is 17.3 Å². The maximum absolute atomic E-state index is 12.7. The summed E-state index contributed by atoms with van der Waals surface area (Å²) in [4.78, 5) is 0. The molecule has 0 saturated carbocycles. The summed E-state index contributed by atoms with van der Waals surface area (Å²) in [7, 11) is 0. The molecule has 0 saturated heterocycles. The molecular formula is C13H16ClF3O. The van der Waals surface area contributed by atoms with E-state index in [9.17, 15) is 13.2 Å². The molecule has 0 fully saturated rings. The van der Waals surface area contributed by atoms with E-state index in [4.69, 9.17) is 16.3 Å². The third kappa shape index (κ3) is 4.18. The Hall–Kier alpha value is -0.740. The zero-order valence-corrected chi connectivity index (χ0v) is 11.3. The predicted octanol–water partition coefficient (Wildman–Crippen LogP) is 4.71. The summed E-state index contributed by atoms with van der Waals surface area (Å²) in [6, 6.07) is 3.95. The second-order valence-electron chi connectivity index (χ2n) is 4.48. The van der Waals surface area contributed by atoms with Gasteiger partial charge in [0.1, 0.15) is 0 Å². The highest BCUT2D eigenvalue weighted by atomic mass is 35.5. The van der Waals surface area contributed by atoms with Crippen molar-refractivity contribution in [2.75, 3.05) is 0 Å². The first-order chi connectivity index (χ1) is 8.21. The molecule has 18 heavy (non-hydrogen) atoms. The number of hydrogen-bond acceptors (Lipinski definition) is 1. The zero-order chi connectivity index (χ0) is 13.9. The predicted molar refractivity (Wildman–Crippen MR) is 65.8 cm³/mol. The number of alkyl halides is 3. The quantitative estimate of drug-likeness (QED) is 0.776. The van der Waals surface area contributed by atoms with Gasteiger partial charge in [-0.05, 0) is 38.8 Å². The third-order valence-corrected chi connectivity index (χ3v) is 2.84. The van der Waals surface area contributed by atoms with Crippen molar-refractivity contribution >= 4 is 11.6 Å². The Morgan fingerprint density at radius 3 is 2.33 bits per heavy atom. The van der Waals surface area contributed by atoms with Gasteiger partial charge in [-0.25, -0.2) is 0 Å². The molecule has 0 amide bonds. The Balaban J connectivity index is 2.91. The van der Waals surface area contributed by atoms with Crippen LogP contribution in [0.5, 0.6) is 0 Å². The average molecular weight is 281 g/mol. The van der Waals surface area contributed by atoms with E-state index in [2.05, 4.69) is 0 Å². The van der Waals surface area contributed by atoms with Crippen LogP contribution >= 0.6 is 11.6 Å². The Bertz CT molecular complexity index is 402. The highest BCUT2D eigenvalue weighted by Crippen LogP contribution is 2.36. The van der Waals surface area contributed by atoms with Gasteiger partial charge in [0.05, 0.1) is 22.8 Å². The van der Waals surface area contributed by atoms with E-state index in [1.165, 1.54) is 6.07 Å². The molecule has 0 aromatic heterocycles. The van der Waals surface area contributed by atoms with E-state index < -0.39 is 11.7 Å². The standard InChI is InChI=1S/C13H16ClF3O/c1-8(2)18-9(3)7-10-5-4-6-11(12(10)14)13(15,16)17/h4-6,8-9H,7H2,1-3H3. The van der Waals surface area contributed by atoms with Gasteiger partial charge in [0.15, 0.2) is 0 Å². The third-order valence-electron chi connectivity index (χ3n) is 2.40. The Morgan fingerprint density at radius 2 is 1.83 bits per heavy atom. The van der Waals surface area contributed by atoms with Crippen LogP contribution in [0, 0.1) is 0 Å². The fourth-order valence-corrected chi connectivity index (χ4v) is 2.09. The lowest BCUT2D eigenvalue weighted by atomic mass is 10.0. The minimum absolute atomic E-state index is 0.0320. The molecule has 5 heteroatoms.